The van der Waals surface area contributed by atoms with Crippen molar-refractivity contribution in [3.63, 3.8) is 0 Å². The van der Waals surface area contributed by atoms with Gasteiger partial charge in [-0.25, -0.2) is 0 Å². The smallest absolute Gasteiger partial charge is 0.0792 e. The lowest BCUT2D eigenvalue weighted by Gasteiger charge is -2.30. The maximum atomic E-state index is 5.82. The summed E-state index contributed by atoms with van der Waals surface area (Å²) in [5.74, 6) is 0. The second kappa shape index (κ2) is 5.48. The molecule has 8 N–H and O–H groups in total. The quantitative estimate of drug-likeness (QED) is 0.406. The molecule has 0 saturated carbocycles. The van der Waals surface area contributed by atoms with Gasteiger partial charge in [0.25, 0.3) is 0 Å². The lowest BCUT2D eigenvalue weighted by molar-refractivity contribution is 0.311. The van der Waals surface area contributed by atoms with Crippen LogP contribution in [0.5, 0.6) is 0 Å². The first kappa shape index (κ1) is 11.8. The summed E-state index contributed by atoms with van der Waals surface area (Å²) >= 11 is 0. The highest BCUT2D eigenvalue weighted by Crippen LogP contribution is 2.10. The number of hydrogen-bond donors (Lipinski definition) is 4. The van der Waals surface area contributed by atoms with Crippen molar-refractivity contribution < 1.29 is 0 Å². The van der Waals surface area contributed by atoms with Gasteiger partial charge in [-0.1, -0.05) is 13.3 Å². The zero-order valence-electron chi connectivity index (χ0n) is 7.92. The molecule has 0 heterocycles. The van der Waals surface area contributed by atoms with Gasteiger partial charge in [0.05, 0.1) is 5.66 Å². The van der Waals surface area contributed by atoms with Crippen LogP contribution in [-0.4, -0.2) is 18.2 Å². The summed E-state index contributed by atoms with van der Waals surface area (Å²) < 4.78 is 0. The molecule has 0 spiro atoms. The molecule has 0 aliphatic heterocycles. The summed E-state index contributed by atoms with van der Waals surface area (Å²) in [5, 5.41) is 0. The molecule has 4 nitrogen and oxygen atoms in total. The Bertz CT molecular complexity index is 114. The largest absolute Gasteiger partial charge is 0.330 e. The van der Waals surface area contributed by atoms with Gasteiger partial charge in [0.1, 0.15) is 0 Å². The Morgan fingerprint density at radius 1 is 1.33 bits per heavy atom. The van der Waals surface area contributed by atoms with E-state index >= 15 is 0 Å². The van der Waals surface area contributed by atoms with Crippen molar-refractivity contribution in [1.29, 1.82) is 0 Å². The normalized spacial score (nSPS) is 14.8. The molecule has 0 saturated heterocycles. The minimum absolute atomic E-state index is 0.138. The molecule has 0 aliphatic carbocycles. The highest BCUT2D eigenvalue weighted by atomic mass is 15.0. The Kier molecular flexibility index (Phi) is 5.41. The van der Waals surface area contributed by atoms with Crippen molar-refractivity contribution in [2.75, 3.05) is 6.54 Å². The average Bonchev–Trinajstić information content (AvgIpc) is 2.00. The zero-order chi connectivity index (χ0) is 9.61. The van der Waals surface area contributed by atoms with Crippen LogP contribution in [0.2, 0.25) is 0 Å². The molecule has 74 valence electrons. The molecule has 0 aromatic heterocycles. The van der Waals surface area contributed by atoms with Gasteiger partial charge in [0, 0.05) is 6.04 Å². The number of rotatable bonds is 6. The Labute approximate surface area is 74.7 Å². The predicted octanol–water partition coefficient (Wildman–Crippen LogP) is -0.534. The van der Waals surface area contributed by atoms with Crippen LogP contribution in [0, 0.1) is 0 Å². The van der Waals surface area contributed by atoms with Crippen molar-refractivity contribution in [3.05, 3.63) is 0 Å². The summed E-state index contributed by atoms with van der Waals surface area (Å²) in [4.78, 5) is 0. The van der Waals surface area contributed by atoms with Crippen molar-refractivity contribution in [3.8, 4) is 0 Å². The third-order valence-electron chi connectivity index (χ3n) is 2.09. The summed E-state index contributed by atoms with van der Waals surface area (Å²) in [5.41, 5.74) is 22.1. The molecule has 12 heavy (non-hydrogen) atoms. The van der Waals surface area contributed by atoms with E-state index in [1.165, 1.54) is 0 Å². The first-order chi connectivity index (χ1) is 5.54. The molecule has 0 rings (SSSR count). The SMILES string of the molecule is CCCC(N)(N)C(N)CCCN. The fraction of sp³-hybridized carbons (Fsp3) is 1.00. The van der Waals surface area contributed by atoms with E-state index in [0.29, 0.717) is 6.54 Å². The number of hydrogen-bond acceptors (Lipinski definition) is 4. The van der Waals surface area contributed by atoms with Gasteiger partial charge in [0.2, 0.25) is 0 Å². The molecular weight excluding hydrogens is 152 g/mol. The Hall–Kier alpha value is -0.160. The van der Waals surface area contributed by atoms with Gasteiger partial charge in [-0.15, -0.1) is 0 Å². The van der Waals surface area contributed by atoms with Crippen molar-refractivity contribution in [1.82, 2.24) is 0 Å². The number of nitrogens with two attached hydrogens (primary N) is 4. The first-order valence-corrected chi connectivity index (χ1v) is 4.58. The Morgan fingerprint density at radius 2 is 1.92 bits per heavy atom. The van der Waals surface area contributed by atoms with Crippen molar-refractivity contribution in [2.24, 2.45) is 22.9 Å². The monoisotopic (exact) mass is 174 g/mol. The molecule has 0 bridgehead atoms. The van der Waals surface area contributed by atoms with Gasteiger partial charge < -0.3 is 22.9 Å². The lowest BCUT2D eigenvalue weighted by Crippen LogP contribution is -2.62. The van der Waals surface area contributed by atoms with Crippen LogP contribution in [0.15, 0.2) is 0 Å². The topological polar surface area (TPSA) is 104 Å². The lowest BCUT2D eigenvalue weighted by atomic mass is 9.94. The minimum Gasteiger partial charge on any atom is -0.330 e. The minimum atomic E-state index is -0.718. The molecule has 0 radical (unpaired) electrons. The average molecular weight is 174 g/mol. The predicted molar refractivity (Wildman–Crippen MR) is 52.3 cm³/mol. The highest BCUT2D eigenvalue weighted by molar-refractivity contribution is 4.87. The Balaban J connectivity index is 3.79. The summed E-state index contributed by atoms with van der Waals surface area (Å²) in [6, 6.07) is -0.138. The van der Waals surface area contributed by atoms with Crippen LogP contribution in [0.3, 0.4) is 0 Å². The van der Waals surface area contributed by atoms with Crippen LogP contribution < -0.4 is 22.9 Å². The molecule has 0 aromatic rings. The fourth-order valence-corrected chi connectivity index (χ4v) is 1.22. The second-order valence-electron chi connectivity index (χ2n) is 3.40. The van der Waals surface area contributed by atoms with E-state index in [1.807, 2.05) is 6.92 Å². The van der Waals surface area contributed by atoms with Crippen LogP contribution in [0.1, 0.15) is 32.6 Å². The second-order valence-corrected chi connectivity index (χ2v) is 3.40. The molecule has 0 aromatic carbocycles. The molecule has 0 amide bonds. The van der Waals surface area contributed by atoms with E-state index in [9.17, 15) is 0 Å². The van der Waals surface area contributed by atoms with Crippen molar-refractivity contribution >= 4 is 0 Å². The van der Waals surface area contributed by atoms with Crippen LogP contribution in [-0.2, 0) is 0 Å². The third-order valence-corrected chi connectivity index (χ3v) is 2.09. The molecule has 0 aliphatic rings. The zero-order valence-corrected chi connectivity index (χ0v) is 7.92. The van der Waals surface area contributed by atoms with E-state index in [4.69, 9.17) is 22.9 Å². The fourth-order valence-electron chi connectivity index (χ4n) is 1.22. The maximum absolute atomic E-state index is 5.82. The summed E-state index contributed by atoms with van der Waals surface area (Å²) in [6.07, 6.45) is 3.42. The van der Waals surface area contributed by atoms with Gasteiger partial charge in [-0.3, -0.25) is 0 Å². The highest BCUT2D eigenvalue weighted by Gasteiger charge is 2.25. The van der Waals surface area contributed by atoms with E-state index < -0.39 is 5.66 Å². The molecule has 1 atom stereocenters. The van der Waals surface area contributed by atoms with Crippen LogP contribution in [0.25, 0.3) is 0 Å². The van der Waals surface area contributed by atoms with Gasteiger partial charge in [0.15, 0.2) is 0 Å². The third kappa shape index (κ3) is 4.01. The van der Waals surface area contributed by atoms with E-state index in [0.717, 1.165) is 25.7 Å². The van der Waals surface area contributed by atoms with E-state index in [-0.39, 0.29) is 6.04 Å². The molecular formula is C8H22N4. The molecule has 4 heteroatoms. The van der Waals surface area contributed by atoms with E-state index in [2.05, 4.69) is 0 Å². The Morgan fingerprint density at radius 3 is 2.33 bits per heavy atom. The standard InChI is InChI=1S/C8H22N4/c1-2-5-8(11,12)7(10)4-3-6-9/h7H,2-6,9-12H2,1H3. The first-order valence-electron chi connectivity index (χ1n) is 4.58. The van der Waals surface area contributed by atoms with Crippen LogP contribution >= 0.6 is 0 Å². The van der Waals surface area contributed by atoms with Crippen LogP contribution in [0.4, 0.5) is 0 Å². The van der Waals surface area contributed by atoms with Gasteiger partial charge in [-0.2, -0.15) is 0 Å². The van der Waals surface area contributed by atoms with Gasteiger partial charge in [-0.05, 0) is 25.8 Å². The van der Waals surface area contributed by atoms with Gasteiger partial charge >= 0.3 is 0 Å². The van der Waals surface area contributed by atoms with E-state index in [1.54, 1.807) is 0 Å². The summed E-state index contributed by atoms with van der Waals surface area (Å²) in [6.45, 7) is 2.69. The summed E-state index contributed by atoms with van der Waals surface area (Å²) in [7, 11) is 0. The van der Waals surface area contributed by atoms with Crippen molar-refractivity contribution in [2.45, 2.75) is 44.3 Å². The maximum Gasteiger partial charge on any atom is 0.0792 e. The molecule has 0 fully saturated rings. The molecule has 1 unspecified atom stereocenters.